The predicted molar refractivity (Wildman–Crippen MR) is 124 cm³/mol. The molecule has 4 rings (SSSR count). The third kappa shape index (κ3) is 4.20. The number of nitrogens with one attached hydrogen (secondary N) is 1. The molecule has 3 aromatic rings. The maximum absolute atomic E-state index is 13.4. The number of hydrogen-bond donors (Lipinski definition) is 2. The first-order valence-electron chi connectivity index (χ1n) is 10.2. The van der Waals surface area contributed by atoms with Crippen LogP contribution in [-0.2, 0) is 11.4 Å². The summed E-state index contributed by atoms with van der Waals surface area (Å²) >= 11 is 0. The Kier molecular flexibility index (Phi) is 6.19. The Morgan fingerprint density at radius 2 is 1.67 bits per heavy atom. The minimum Gasteiger partial charge on any atom is -0.493 e. The van der Waals surface area contributed by atoms with Gasteiger partial charge in [-0.15, -0.1) is 0 Å². The van der Waals surface area contributed by atoms with Gasteiger partial charge in [0.05, 0.1) is 39.3 Å². The quantitative estimate of drug-likeness (QED) is 0.599. The molecule has 2 N–H and O–H groups in total. The minimum atomic E-state index is -0.375. The summed E-state index contributed by atoms with van der Waals surface area (Å²) in [6.45, 7) is -0.186. The number of carbonyl (C=O) groups is 2. The topological polar surface area (TPSA) is 97.3 Å². The van der Waals surface area contributed by atoms with Crippen molar-refractivity contribution in [2.45, 2.75) is 6.61 Å². The van der Waals surface area contributed by atoms with Gasteiger partial charge in [-0.2, -0.15) is 0 Å². The first-order valence-corrected chi connectivity index (χ1v) is 10.2. The van der Waals surface area contributed by atoms with Crippen molar-refractivity contribution in [3.63, 3.8) is 0 Å². The Morgan fingerprint density at radius 1 is 0.970 bits per heavy atom. The third-order valence-electron chi connectivity index (χ3n) is 5.46. The second-order valence-corrected chi connectivity index (χ2v) is 7.44. The Bertz CT molecular complexity index is 1200. The van der Waals surface area contributed by atoms with Crippen molar-refractivity contribution in [3.05, 3.63) is 65.7 Å². The molecule has 0 unspecified atom stereocenters. The highest BCUT2D eigenvalue weighted by atomic mass is 16.5. The SMILES string of the molecule is COc1cc(C(=O)N2CC(=O)Nc3cc(-c4cccc(CO)c4)ccc32)cc(OC)c1OC. The molecule has 2 amide bonds. The van der Waals surface area contributed by atoms with Gasteiger partial charge in [0.25, 0.3) is 5.91 Å². The number of anilines is 2. The van der Waals surface area contributed by atoms with Crippen LogP contribution in [0.5, 0.6) is 17.2 Å². The summed E-state index contributed by atoms with van der Waals surface area (Å²) in [5.41, 5.74) is 3.94. The number of fused-ring (bicyclic) bond motifs is 1. The van der Waals surface area contributed by atoms with Gasteiger partial charge in [-0.1, -0.05) is 24.3 Å². The minimum absolute atomic E-state index is 0.0629. The van der Waals surface area contributed by atoms with E-state index in [9.17, 15) is 14.7 Å². The highest BCUT2D eigenvalue weighted by Crippen LogP contribution is 2.40. The van der Waals surface area contributed by atoms with Crippen LogP contribution >= 0.6 is 0 Å². The molecule has 1 aliphatic heterocycles. The Morgan fingerprint density at radius 3 is 2.30 bits per heavy atom. The van der Waals surface area contributed by atoms with E-state index in [0.717, 1.165) is 16.7 Å². The van der Waals surface area contributed by atoms with Crippen LogP contribution in [0.15, 0.2) is 54.6 Å². The van der Waals surface area contributed by atoms with Crippen LogP contribution in [-0.4, -0.2) is 44.8 Å². The zero-order chi connectivity index (χ0) is 23.5. The number of nitrogens with zero attached hydrogens (tertiary/aromatic N) is 1. The van der Waals surface area contributed by atoms with E-state index in [-0.39, 0.29) is 25.0 Å². The van der Waals surface area contributed by atoms with E-state index >= 15 is 0 Å². The van der Waals surface area contributed by atoms with Gasteiger partial charge >= 0.3 is 0 Å². The number of amides is 2. The monoisotopic (exact) mass is 448 g/mol. The van der Waals surface area contributed by atoms with Gasteiger partial charge in [0.1, 0.15) is 6.54 Å². The van der Waals surface area contributed by atoms with Gasteiger partial charge in [0.15, 0.2) is 11.5 Å². The number of aliphatic hydroxyl groups excluding tert-OH is 1. The first kappa shape index (κ1) is 22.2. The maximum Gasteiger partial charge on any atom is 0.259 e. The number of rotatable bonds is 6. The second-order valence-electron chi connectivity index (χ2n) is 7.44. The van der Waals surface area contributed by atoms with Crippen LogP contribution in [0, 0.1) is 0 Å². The number of ether oxygens (including phenoxy) is 3. The van der Waals surface area contributed by atoms with E-state index in [4.69, 9.17) is 14.2 Å². The average Bonchev–Trinajstić information content (AvgIpc) is 2.86. The van der Waals surface area contributed by atoms with Gasteiger partial charge in [-0.3, -0.25) is 14.5 Å². The molecule has 33 heavy (non-hydrogen) atoms. The fraction of sp³-hybridized carbons (Fsp3) is 0.200. The van der Waals surface area contributed by atoms with Crippen LogP contribution in [0.3, 0.4) is 0 Å². The van der Waals surface area contributed by atoms with E-state index in [2.05, 4.69) is 5.32 Å². The lowest BCUT2D eigenvalue weighted by molar-refractivity contribution is -0.115. The van der Waals surface area contributed by atoms with Crippen molar-refractivity contribution in [1.82, 2.24) is 0 Å². The summed E-state index contributed by atoms with van der Waals surface area (Å²) in [7, 11) is 4.44. The maximum atomic E-state index is 13.4. The lowest BCUT2D eigenvalue weighted by Crippen LogP contribution is -2.42. The Hall–Kier alpha value is -4.04. The lowest BCUT2D eigenvalue weighted by atomic mass is 10.0. The van der Waals surface area contributed by atoms with Gasteiger partial charge in [-0.25, -0.2) is 0 Å². The van der Waals surface area contributed by atoms with Gasteiger partial charge in [0, 0.05) is 5.56 Å². The number of hydrogen-bond acceptors (Lipinski definition) is 6. The second kappa shape index (κ2) is 9.22. The van der Waals surface area contributed by atoms with E-state index in [1.54, 1.807) is 18.2 Å². The molecule has 1 heterocycles. The smallest absolute Gasteiger partial charge is 0.259 e. The van der Waals surface area contributed by atoms with Crippen LogP contribution in [0.4, 0.5) is 11.4 Å². The molecular formula is C25H24N2O6. The molecule has 8 heteroatoms. The molecule has 8 nitrogen and oxygen atoms in total. The summed E-state index contributed by atoms with van der Waals surface area (Å²) in [5.74, 6) is 0.398. The van der Waals surface area contributed by atoms with Crippen molar-refractivity contribution in [1.29, 1.82) is 0 Å². The van der Waals surface area contributed by atoms with Crippen molar-refractivity contribution in [3.8, 4) is 28.4 Å². The largest absolute Gasteiger partial charge is 0.493 e. The van der Waals surface area contributed by atoms with E-state index in [1.807, 2.05) is 36.4 Å². The summed E-state index contributed by atoms with van der Waals surface area (Å²) < 4.78 is 16.0. The van der Waals surface area contributed by atoms with Crippen LogP contribution < -0.4 is 24.4 Å². The number of methoxy groups -OCH3 is 3. The molecule has 0 aliphatic carbocycles. The van der Waals surface area contributed by atoms with E-state index in [1.165, 1.54) is 26.2 Å². The standard InChI is InChI=1S/C25H24N2O6/c1-31-21-11-18(12-22(32-2)24(21)33-3)25(30)27-13-23(29)26-19-10-17(7-8-20(19)27)16-6-4-5-15(9-16)14-28/h4-12,28H,13-14H2,1-3H3,(H,26,29). The van der Waals surface area contributed by atoms with Gasteiger partial charge in [-0.05, 0) is 47.0 Å². The number of aliphatic hydroxyl groups is 1. The molecule has 0 bridgehead atoms. The van der Waals surface area contributed by atoms with Crippen molar-refractivity contribution in [2.75, 3.05) is 38.1 Å². The van der Waals surface area contributed by atoms with E-state index < -0.39 is 0 Å². The molecule has 1 aliphatic rings. The zero-order valence-electron chi connectivity index (χ0n) is 18.5. The van der Waals surface area contributed by atoms with Crippen molar-refractivity contribution in [2.24, 2.45) is 0 Å². The summed E-state index contributed by atoms with van der Waals surface area (Å²) in [6, 6.07) is 16.1. The van der Waals surface area contributed by atoms with Gasteiger partial charge in [0.2, 0.25) is 11.7 Å². The first-order chi connectivity index (χ1) is 16.0. The molecule has 0 atom stereocenters. The van der Waals surface area contributed by atoms with Crippen molar-refractivity contribution < 1.29 is 28.9 Å². The summed E-state index contributed by atoms with van der Waals surface area (Å²) in [5, 5.41) is 12.3. The number of benzene rings is 3. The zero-order valence-corrected chi connectivity index (χ0v) is 18.5. The Labute approximate surface area is 191 Å². The summed E-state index contributed by atoms with van der Waals surface area (Å²) in [4.78, 5) is 27.3. The fourth-order valence-electron chi connectivity index (χ4n) is 3.86. The highest BCUT2D eigenvalue weighted by Gasteiger charge is 2.29. The predicted octanol–water partition coefficient (Wildman–Crippen LogP) is 3.47. The highest BCUT2D eigenvalue weighted by molar-refractivity contribution is 6.15. The molecule has 0 spiro atoms. The molecule has 0 radical (unpaired) electrons. The normalized spacial score (nSPS) is 12.6. The van der Waals surface area contributed by atoms with E-state index in [0.29, 0.717) is 34.2 Å². The lowest BCUT2D eigenvalue weighted by Gasteiger charge is -2.30. The molecule has 0 fully saturated rings. The fourth-order valence-corrected chi connectivity index (χ4v) is 3.86. The van der Waals surface area contributed by atoms with Gasteiger partial charge < -0.3 is 24.6 Å². The van der Waals surface area contributed by atoms with Crippen LogP contribution in [0.2, 0.25) is 0 Å². The molecule has 170 valence electrons. The van der Waals surface area contributed by atoms with Crippen LogP contribution in [0.25, 0.3) is 11.1 Å². The molecule has 0 saturated heterocycles. The van der Waals surface area contributed by atoms with Crippen molar-refractivity contribution >= 4 is 23.2 Å². The van der Waals surface area contributed by atoms with Crippen LogP contribution in [0.1, 0.15) is 15.9 Å². The average molecular weight is 448 g/mol. The molecule has 0 saturated carbocycles. The Balaban J connectivity index is 1.74. The number of carbonyl (C=O) groups excluding carboxylic acids is 2. The molecule has 0 aromatic heterocycles. The third-order valence-corrected chi connectivity index (χ3v) is 5.46. The molecular weight excluding hydrogens is 424 g/mol. The molecule has 3 aromatic carbocycles. The summed E-state index contributed by atoms with van der Waals surface area (Å²) in [6.07, 6.45) is 0.